The molecule has 2 atom stereocenters. The molecule has 4 nitrogen and oxygen atoms in total. The van der Waals surface area contributed by atoms with Gasteiger partial charge in [0.15, 0.2) is 5.13 Å². The van der Waals surface area contributed by atoms with E-state index in [1.807, 2.05) is 19.1 Å². The molecule has 4 N–H and O–H groups in total. The molecule has 0 bridgehead atoms. The van der Waals surface area contributed by atoms with Crippen LogP contribution in [0.2, 0.25) is 0 Å². The molecule has 20 heavy (non-hydrogen) atoms. The fraction of sp³-hybridized carbons (Fsp3) is 0.357. The highest BCUT2D eigenvalue weighted by atomic mass is 35.5. The smallest absolute Gasteiger partial charge is 0.180 e. The summed E-state index contributed by atoms with van der Waals surface area (Å²) < 4.78 is 0. The van der Waals surface area contributed by atoms with Crippen LogP contribution in [-0.2, 0) is 0 Å². The summed E-state index contributed by atoms with van der Waals surface area (Å²) in [6.07, 6.45) is -1.42. The van der Waals surface area contributed by atoms with Crippen LogP contribution in [0.25, 0.3) is 11.3 Å². The number of aliphatic hydroxyl groups is 2. The number of thiazole rings is 1. The average Bonchev–Trinajstić information content (AvgIpc) is 2.77. The summed E-state index contributed by atoms with van der Waals surface area (Å²) in [5, 5.41) is 20.3. The molecule has 0 spiro atoms. The van der Waals surface area contributed by atoms with Crippen LogP contribution < -0.4 is 5.73 Å². The van der Waals surface area contributed by atoms with E-state index in [-0.39, 0.29) is 0 Å². The Morgan fingerprint density at radius 1 is 1.30 bits per heavy atom. The number of hydrogen-bond donors (Lipinski definition) is 3. The molecule has 2 rings (SSSR count). The Labute approximate surface area is 126 Å². The lowest BCUT2D eigenvalue weighted by atomic mass is 10.0. The van der Waals surface area contributed by atoms with Crippen molar-refractivity contribution in [3.05, 3.63) is 34.7 Å². The van der Waals surface area contributed by atoms with Gasteiger partial charge in [-0.2, -0.15) is 0 Å². The van der Waals surface area contributed by atoms with Crippen molar-refractivity contribution in [3.63, 3.8) is 0 Å². The third-order valence-electron chi connectivity index (χ3n) is 3.11. The van der Waals surface area contributed by atoms with Gasteiger partial charge in [-0.05, 0) is 18.9 Å². The molecule has 1 heterocycles. The zero-order valence-corrected chi connectivity index (χ0v) is 12.7. The Morgan fingerprint density at radius 3 is 2.45 bits per heavy atom. The van der Waals surface area contributed by atoms with Crippen molar-refractivity contribution >= 4 is 28.1 Å². The number of alkyl halides is 1. The van der Waals surface area contributed by atoms with E-state index in [1.165, 1.54) is 11.3 Å². The molecule has 2 unspecified atom stereocenters. The molecule has 6 heteroatoms. The average molecular weight is 313 g/mol. The van der Waals surface area contributed by atoms with E-state index in [4.69, 9.17) is 17.3 Å². The van der Waals surface area contributed by atoms with Crippen LogP contribution in [-0.4, -0.2) is 27.2 Å². The topological polar surface area (TPSA) is 79.4 Å². The standard InChI is InChI=1S/C14H17ClN2O2S/c1-8-12(17-14(16)20-8)9-2-4-10(5-3-9)13(19)11(18)6-7-15/h2-5,11,13,18-19H,6-7H2,1H3,(H2,16,17). The van der Waals surface area contributed by atoms with E-state index in [0.717, 1.165) is 16.1 Å². The van der Waals surface area contributed by atoms with Crippen molar-refractivity contribution in [1.29, 1.82) is 0 Å². The minimum absolute atomic E-state index is 0.313. The zero-order chi connectivity index (χ0) is 14.7. The molecule has 0 saturated heterocycles. The molecule has 1 aromatic heterocycles. The molecule has 0 aliphatic rings. The van der Waals surface area contributed by atoms with E-state index < -0.39 is 12.2 Å². The maximum atomic E-state index is 10.00. The summed E-state index contributed by atoms with van der Waals surface area (Å²) in [5.41, 5.74) is 8.15. The SMILES string of the molecule is Cc1sc(N)nc1-c1ccc(C(O)C(O)CCCl)cc1. The highest BCUT2D eigenvalue weighted by Gasteiger charge is 2.18. The molecule has 0 radical (unpaired) electrons. The lowest BCUT2D eigenvalue weighted by molar-refractivity contribution is 0.0170. The van der Waals surface area contributed by atoms with Crippen molar-refractivity contribution in [2.24, 2.45) is 0 Å². The first-order chi connectivity index (χ1) is 9.52. The fourth-order valence-electron chi connectivity index (χ4n) is 2.01. The monoisotopic (exact) mass is 312 g/mol. The number of nitrogens with two attached hydrogens (primary N) is 1. The first-order valence-corrected chi connectivity index (χ1v) is 7.63. The summed E-state index contributed by atoms with van der Waals surface area (Å²) in [5.74, 6) is 0.313. The largest absolute Gasteiger partial charge is 0.390 e. The van der Waals surface area contributed by atoms with E-state index in [0.29, 0.717) is 23.0 Å². The van der Waals surface area contributed by atoms with Crippen molar-refractivity contribution in [1.82, 2.24) is 4.98 Å². The van der Waals surface area contributed by atoms with Gasteiger partial charge in [-0.25, -0.2) is 4.98 Å². The van der Waals surface area contributed by atoms with Crippen LogP contribution >= 0.6 is 22.9 Å². The number of aliphatic hydroxyl groups excluding tert-OH is 2. The quantitative estimate of drug-likeness (QED) is 0.742. The molecule has 0 aliphatic heterocycles. The second-order valence-electron chi connectivity index (χ2n) is 4.57. The van der Waals surface area contributed by atoms with Crippen LogP contribution in [0.15, 0.2) is 24.3 Å². The number of rotatable bonds is 5. The van der Waals surface area contributed by atoms with Gasteiger partial charge in [0, 0.05) is 16.3 Å². The van der Waals surface area contributed by atoms with Gasteiger partial charge < -0.3 is 15.9 Å². The van der Waals surface area contributed by atoms with Crippen LogP contribution in [0.1, 0.15) is 23.0 Å². The van der Waals surface area contributed by atoms with Crippen LogP contribution in [0.4, 0.5) is 5.13 Å². The van der Waals surface area contributed by atoms with E-state index in [1.54, 1.807) is 12.1 Å². The molecule has 0 saturated carbocycles. The molecule has 0 aliphatic carbocycles. The van der Waals surface area contributed by atoms with Gasteiger partial charge in [-0.15, -0.1) is 22.9 Å². The fourth-order valence-corrected chi connectivity index (χ4v) is 2.95. The normalized spacial score (nSPS) is 14.2. The predicted octanol–water partition coefficient (Wildman–Crippen LogP) is 2.72. The van der Waals surface area contributed by atoms with Crippen molar-refractivity contribution in [3.8, 4) is 11.3 Å². The number of halogens is 1. The minimum Gasteiger partial charge on any atom is -0.390 e. The number of nitrogen functional groups attached to an aromatic ring is 1. The second-order valence-corrected chi connectivity index (χ2v) is 6.18. The third-order valence-corrected chi connectivity index (χ3v) is 4.13. The number of aromatic nitrogens is 1. The van der Waals surface area contributed by atoms with Crippen LogP contribution in [0.5, 0.6) is 0 Å². The van der Waals surface area contributed by atoms with E-state index in [2.05, 4.69) is 4.98 Å². The number of anilines is 1. The number of aryl methyl sites for hydroxylation is 1. The lowest BCUT2D eigenvalue weighted by Crippen LogP contribution is -2.18. The number of nitrogens with zero attached hydrogens (tertiary/aromatic N) is 1. The molecular formula is C14H17ClN2O2S. The zero-order valence-electron chi connectivity index (χ0n) is 11.1. The molecule has 0 amide bonds. The summed E-state index contributed by atoms with van der Waals surface area (Å²) in [6, 6.07) is 7.31. The summed E-state index contributed by atoms with van der Waals surface area (Å²) in [6.45, 7) is 1.97. The summed E-state index contributed by atoms with van der Waals surface area (Å²) >= 11 is 7.01. The number of benzene rings is 1. The number of hydrogen-bond acceptors (Lipinski definition) is 5. The minimum atomic E-state index is -0.926. The Bertz CT molecular complexity index is 571. The van der Waals surface area contributed by atoms with Gasteiger partial charge >= 0.3 is 0 Å². The Kier molecular flexibility index (Phi) is 4.99. The van der Waals surface area contributed by atoms with Crippen molar-refractivity contribution in [2.45, 2.75) is 25.6 Å². The highest BCUT2D eigenvalue weighted by Crippen LogP contribution is 2.30. The molecule has 0 fully saturated rings. The second kappa shape index (κ2) is 6.54. The van der Waals surface area contributed by atoms with Gasteiger partial charge in [-0.1, -0.05) is 24.3 Å². The van der Waals surface area contributed by atoms with E-state index >= 15 is 0 Å². The molecule has 108 valence electrons. The van der Waals surface area contributed by atoms with Gasteiger partial charge in [0.25, 0.3) is 0 Å². The summed E-state index contributed by atoms with van der Waals surface area (Å²) in [4.78, 5) is 5.34. The lowest BCUT2D eigenvalue weighted by Gasteiger charge is -2.17. The molecule has 1 aromatic carbocycles. The predicted molar refractivity (Wildman–Crippen MR) is 83.0 cm³/mol. The van der Waals surface area contributed by atoms with Crippen molar-refractivity contribution < 1.29 is 10.2 Å². The Balaban J connectivity index is 2.20. The van der Waals surface area contributed by atoms with Crippen molar-refractivity contribution in [2.75, 3.05) is 11.6 Å². The van der Waals surface area contributed by atoms with Crippen LogP contribution in [0, 0.1) is 6.92 Å². The van der Waals surface area contributed by atoms with Gasteiger partial charge in [-0.3, -0.25) is 0 Å². The Morgan fingerprint density at radius 2 is 1.95 bits per heavy atom. The first-order valence-electron chi connectivity index (χ1n) is 6.28. The van der Waals surface area contributed by atoms with Gasteiger partial charge in [0.1, 0.15) is 6.10 Å². The van der Waals surface area contributed by atoms with E-state index in [9.17, 15) is 10.2 Å². The van der Waals surface area contributed by atoms with Gasteiger partial charge in [0.2, 0.25) is 0 Å². The summed E-state index contributed by atoms with van der Waals surface area (Å²) in [7, 11) is 0. The van der Waals surface area contributed by atoms with Gasteiger partial charge in [0.05, 0.1) is 11.8 Å². The molecule has 2 aromatic rings. The molecular weight excluding hydrogens is 296 g/mol. The highest BCUT2D eigenvalue weighted by molar-refractivity contribution is 7.15. The van der Waals surface area contributed by atoms with Crippen LogP contribution in [0.3, 0.4) is 0 Å². The maximum Gasteiger partial charge on any atom is 0.180 e. The maximum absolute atomic E-state index is 10.00. The Hall–Kier alpha value is -1.14. The first kappa shape index (κ1) is 15.3. The third kappa shape index (κ3) is 3.30.